The summed E-state index contributed by atoms with van der Waals surface area (Å²) < 4.78 is 29.9. The molecule has 9 heteroatoms. The number of hydrogen-bond acceptors (Lipinski definition) is 6. The summed E-state index contributed by atoms with van der Waals surface area (Å²) in [7, 11) is -3.50. The van der Waals surface area contributed by atoms with E-state index in [1.54, 1.807) is 28.6 Å². The van der Waals surface area contributed by atoms with Crippen molar-refractivity contribution < 1.29 is 8.42 Å². The van der Waals surface area contributed by atoms with Crippen LogP contribution in [-0.2, 0) is 10.0 Å². The van der Waals surface area contributed by atoms with Gasteiger partial charge in [0, 0.05) is 37.5 Å². The Morgan fingerprint density at radius 1 is 0.794 bits per heavy atom. The number of fused-ring (bicyclic) bond motifs is 3. The lowest BCUT2D eigenvalue weighted by Crippen LogP contribution is -2.49. The molecule has 1 aliphatic heterocycles. The highest BCUT2D eigenvalue weighted by atomic mass is 32.2. The van der Waals surface area contributed by atoms with Crippen LogP contribution in [0.4, 0.5) is 5.95 Å². The molecular formula is C25H28N6O2S. The molecule has 1 saturated carbocycles. The standard InChI is InChI=1S/C25H28N6O2S/c32-34(33,20-11-5-2-6-12-20)30-17-15-29(16-18-30)25-26-22-14-8-7-13-21(22)24-28-27-23(31(24)25)19-9-3-1-4-10-19/h2,5-8,11-14,19H,1,3-4,9-10,15-18H2. The molecule has 0 unspecified atom stereocenters. The summed E-state index contributed by atoms with van der Waals surface area (Å²) in [4.78, 5) is 7.57. The predicted molar refractivity (Wildman–Crippen MR) is 132 cm³/mol. The van der Waals surface area contributed by atoms with E-state index >= 15 is 0 Å². The summed E-state index contributed by atoms with van der Waals surface area (Å²) >= 11 is 0. The van der Waals surface area contributed by atoms with Gasteiger partial charge in [0.15, 0.2) is 5.65 Å². The third kappa shape index (κ3) is 3.63. The van der Waals surface area contributed by atoms with Crippen molar-refractivity contribution >= 4 is 32.5 Å². The Kier molecular flexibility index (Phi) is 5.45. The molecule has 6 rings (SSSR count). The molecule has 0 spiro atoms. The van der Waals surface area contributed by atoms with Crippen LogP contribution in [0.2, 0.25) is 0 Å². The predicted octanol–water partition coefficient (Wildman–Crippen LogP) is 3.84. The molecule has 34 heavy (non-hydrogen) atoms. The minimum Gasteiger partial charge on any atom is -0.339 e. The largest absolute Gasteiger partial charge is 0.339 e. The van der Waals surface area contributed by atoms with Crippen LogP contribution in [-0.4, -0.2) is 58.5 Å². The molecule has 0 N–H and O–H groups in total. The van der Waals surface area contributed by atoms with Gasteiger partial charge >= 0.3 is 0 Å². The highest BCUT2D eigenvalue weighted by molar-refractivity contribution is 7.89. The molecule has 176 valence electrons. The van der Waals surface area contributed by atoms with Gasteiger partial charge in [0.1, 0.15) is 5.82 Å². The molecular weight excluding hydrogens is 448 g/mol. The lowest BCUT2D eigenvalue weighted by Gasteiger charge is -2.35. The number of para-hydroxylation sites is 1. The number of rotatable bonds is 4. The molecule has 2 aliphatic rings. The number of aromatic nitrogens is 4. The van der Waals surface area contributed by atoms with Gasteiger partial charge in [-0.05, 0) is 37.1 Å². The van der Waals surface area contributed by atoms with Gasteiger partial charge in [-0.25, -0.2) is 17.8 Å². The Morgan fingerprint density at radius 3 is 2.26 bits per heavy atom. The smallest absolute Gasteiger partial charge is 0.243 e. The van der Waals surface area contributed by atoms with Crippen LogP contribution >= 0.6 is 0 Å². The van der Waals surface area contributed by atoms with Crippen LogP contribution in [0.5, 0.6) is 0 Å². The molecule has 2 aromatic heterocycles. The number of benzene rings is 2. The topological polar surface area (TPSA) is 83.7 Å². The summed E-state index contributed by atoms with van der Waals surface area (Å²) in [5.41, 5.74) is 1.72. The molecule has 0 amide bonds. The van der Waals surface area contributed by atoms with Crippen molar-refractivity contribution in [1.82, 2.24) is 23.9 Å². The molecule has 0 atom stereocenters. The number of hydrogen-bond donors (Lipinski definition) is 0. The Balaban J connectivity index is 1.37. The molecule has 2 fully saturated rings. The van der Waals surface area contributed by atoms with Crippen molar-refractivity contribution in [1.29, 1.82) is 0 Å². The SMILES string of the molecule is O=S(=O)(c1ccccc1)N1CCN(c2nc3ccccc3c3nnc(C4CCCCC4)n23)CC1. The Labute approximate surface area is 199 Å². The first-order valence-electron chi connectivity index (χ1n) is 12.1. The van der Waals surface area contributed by atoms with Gasteiger partial charge in [-0.2, -0.15) is 4.31 Å². The van der Waals surface area contributed by atoms with Crippen molar-refractivity contribution in [2.24, 2.45) is 0 Å². The van der Waals surface area contributed by atoms with Crippen LogP contribution in [0, 0.1) is 0 Å². The van der Waals surface area contributed by atoms with Crippen LogP contribution in [0.15, 0.2) is 59.5 Å². The molecule has 8 nitrogen and oxygen atoms in total. The number of nitrogens with zero attached hydrogens (tertiary/aromatic N) is 6. The second kappa shape index (κ2) is 8.63. The molecule has 1 aliphatic carbocycles. The van der Waals surface area contributed by atoms with Gasteiger partial charge in [-0.3, -0.25) is 0 Å². The van der Waals surface area contributed by atoms with Crippen LogP contribution in [0.25, 0.3) is 16.6 Å². The van der Waals surface area contributed by atoms with E-state index in [2.05, 4.69) is 19.5 Å². The summed E-state index contributed by atoms with van der Waals surface area (Å²) in [6.45, 7) is 1.95. The molecule has 2 aromatic carbocycles. The van der Waals surface area contributed by atoms with E-state index in [1.807, 2.05) is 30.3 Å². The average Bonchev–Trinajstić information content (AvgIpc) is 3.35. The fourth-order valence-corrected chi connectivity index (χ4v) is 6.74. The number of piperazine rings is 1. The molecule has 0 radical (unpaired) electrons. The maximum Gasteiger partial charge on any atom is 0.243 e. The number of sulfonamides is 1. The van der Waals surface area contributed by atoms with E-state index in [4.69, 9.17) is 4.98 Å². The van der Waals surface area contributed by atoms with Crippen molar-refractivity contribution in [3.8, 4) is 0 Å². The van der Waals surface area contributed by atoms with E-state index in [0.717, 1.165) is 41.2 Å². The lowest BCUT2D eigenvalue weighted by atomic mass is 9.89. The zero-order valence-electron chi connectivity index (χ0n) is 19.0. The van der Waals surface area contributed by atoms with E-state index in [1.165, 1.54) is 19.3 Å². The summed E-state index contributed by atoms with van der Waals surface area (Å²) in [5.74, 6) is 2.18. The van der Waals surface area contributed by atoms with Crippen molar-refractivity contribution in [3.63, 3.8) is 0 Å². The van der Waals surface area contributed by atoms with Gasteiger partial charge in [-0.15, -0.1) is 10.2 Å². The minimum atomic E-state index is -3.50. The van der Waals surface area contributed by atoms with Gasteiger partial charge in [0.05, 0.1) is 10.4 Å². The average molecular weight is 477 g/mol. The quantitative estimate of drug-likeness (QED) is 0.445. The van der Waals surface area contributed by atoms with Gasteiger partial charge in [0.2, 0.25) is 16.0 Å². The monoisotopic (exact) mass is 476 g/mol. The minimum absolute atomic E-state index is 0.341. The van der Waals surface area contributed by atoms with Gasteiger partial charge in [0.25, 0.3) is 0 Å². The molecule has 3 heterocycles. The third-order valence-electron chi connectivity index (χ3n) is 7.13. The van der Waals surface area contributed by atoms with Crippen LogP contribution in [0.3, 0.4) is 0 Å². The fraction of sp³-hybridized carbons (Fsp3) is 0.400. The summed E-state index contributed by atoms with van der Waals surface area (Å²) in [5, 5.41) is 10.3. The highest BCUT2D eigenvalue weighted by Crippen LogP contribution is 2.35. The van der Waals surface area contributed by atoms with E-state index in [9.17, 15) is 8.42 Å². The molecule has 1 saturated heterocycles. The normalized spacial score (nSPS) is 18.6. The second-order valence-corrected chi connectivity index (χ2v) is 11.1. The highest BCUT2D eigenvalue weighted by Gasteiger charge is 2.31. The summed E-state index contributed by atoms with van der Waals surface area (Å²) in [6.07, 6.45) is 5.95. The first kappa shape index (κ1) is 21.5. The Bertz CT molecular complexity index is 1420. The van der Waals surface area contributed by atoms with Gasteiger partial charge in [-0.1, -0.05) is 49.6 Å². The zero-order valence-corrected chi connectivity index (χ0v) is 19.9. The van der Waals surface area contributed by atoms with E-state index in [0.29, 0.717) is 37.0 Å². The Morgan fingerprint density at radius 2 is 1.50 bits per heavy atom. The summed E-state index contributed by atoms with van der Waals surface area (Å²) in [6, 6.07) is 16.7. The van der Waals surface area contributed by atoms with Gasteiger partial charge < -0.3 is 4.90 Å². The second-order valence-electron chi connectivity index (χ2n) is 9.19. The van der Waals surface area contributed by atoms with E-state index in [-0.39, 0.29) is 0 Å². The van der Waals surface area contributed by atoms with E-state index < -0.39 is 10.0 Å². The maximum atomic E-state index is 13.1. The lowest BCUT2D eigenvalue weighted by molar-refractivity contribution is 0.381. The van der Waals surface area contributed by atoms with Crippen molar-refractivity contribution in [3.05, 3.63) is 60.4 Å². The van der Waals surface area contributed by atoms with Crippen molar-refractivity contribution in [2.45, 2.75) is 42.9 Å². The molecule has 4 aromatic rings. The third-order valence-corrected chi connectivity index (χ3v) is 9.04. The van der Waals surface area contributed by atoms with Crippen LogP contribution in [0.1, 0.15) is 43.8 Å². The molecule has 0 bridgehead atoms. The Hall–Kier alpha value is -3.04. The van der Waals surface area contributed by atoms with Crippen molar-refractivity contribution in [2.75, 3.05) is 31.1 Å². The zero-order chi connectivity index (χ0) is 23.1. The maximum absolute atomic E-state index is 13.1. The first-order chi connectivity index (χ1) is 16.6. The van der Waals surface area contributed by atoms with Crippen LogP contribution < -0.4 is 4.90 Å². The fourth-order valence-electron chi connectivity index (χ4n) is 5.29. The number of anilines is 1. The first-order valence-corrected chi connectivity index (χ1v) is 13.5.